The van der Waals surface area contributed by atoms with Crippen LogP contribution in [-0.4, -0.2) is 14.5 Å². The standard InChI is InChI=1S/C32H21N3O/c1-2-9-25-21-34-31(20-23(25)8-1)35-29-13-4-3-12-27(29)28-16-15-24(19-30(28)35)22-10-7-11-26(18-22)36-32-14-5-6-17-33-32/h1-21H. The summed E-state index contributed by atoms with van der Waals surface area (Å²) in [6, 6.07) is 39.4. The lowest BCUT2D eigenvalue weighted by Crippen LogP contribution is -1.97. The maximum absolute atomic E-state index is 5.98. The zero-order valence-electron chi connectivity index (χ0n) is 19.4. The van der Waals surface area contributed by atoms with Gasteiger partial charge in [0.25, 0.3) is 0 Å². The van der Waals surface area contributed by atoms with E-state index in [1.54, 1.807) is 6.20 Å². The quantitative estimate of drug-likeness (QED) is 0.264. The molecule has 0 aliphatic carbocycles. The maximum Gasteiger partial charge on any atom is 0.219 e. The number of aromatic nitrogens is 3. The third kappa shape index (κ3) is 3.48. The van der Waals surface area contributed by atoms with Crippen LogP contribution in [-0.2, 0) is 0 Å². The fourth-order valence-corrected chi connectivity index (χ4v) is 4.86. The Bertz CT molecular complexity index is 1870. The van der Waals surface area contributed by atoms with Gasteiger partial charge >= 0.3 is 0 Å². The van der Waals surface area contributed by atoms with Gasteiger partial charge in [0, 0.05) is 34.6 Å². The van der Waals surface area contributed by atoms with Crippen LogP contribution in [0, 0.1) is 0 Å². The number of benzene rings is 4. The van der Waals surface area contributed by atoms with Gasteiger partial charge in [0.15, 0.2) is 0 Å². The summed E-state index contributed by atoms with van der Waals surface area (Å²) in [5.74, 6) is 2.24. The largest absolute Gasteiger partial charge is 0.439 e. The van der Waals surface area contributed by atoms with E-state index in [1.165, 1.54) is 16.2 Å². The van der Waals surface area contributed by atoms with E-state index in [2.05, 4.69) is 88.4 Å². The summed E-state index contributed by atoms with van der Waals surface area (Å²) in [5, 5.41) is 4.71. The molecule has 0 aliphatic heterocycles. The van der Waals surface area contributed by atoms with Gasteiger partial charge in [0.2, 0.25) is 5.88 Å². The topological polar surface area (TPSA) is 39.9 Å². The lowest BCUT2D eigenvalue weighted by Gasteiger charge is -2.10. The Morgan fingerprint density at radius 3 is 2.28 bits per heavy atom. The fraction of sp³-hybridized carbons (Fsp3) is 0. The molecule has 0 unspecified atom stereocenters. The van der Waals surface area contributed by atoms with Crippen molar-refractivity contribution < 1.29 is 4.74 Å². The molecule has 0 bridgehead atoms. The highest BCUT2D eigenvalue weighted by atomic mass is 16.5. The van der Waals surface area contributed by atoms with Crippen molar-refractivity contribution in [2.45, 2.75) is 0 Å². The van der Waals surface area contributed by atoms with Crippen LogP contribution in [0.2, 0.25) is 0 Å². The number of fused-ring (bicyclic) bond motifs is 4. The highest BCUT2D eigenvalue weighted by molar-refractivity contribution is 6.10. The highest BCUT2D eigenvalue weighted by Gasteiger charge is 2.14. The van der Waals surface area contributed by atoms with Crippen molar-refractivity contribution in [2.24, 2.45) is 0 Å². The molecule has 0 atom stereocenters. The van der Waals surface area contributed by atoms with E-state index in [1.807, 2.05) is 42.6 Å². The van der Waals surface area contributed by atoms with Crippen molar-refractivity contribution in [2.75, 3.05) is 0 Å². The summed E-state index contributed by atoms with van der Waals surface area (Å²) < 4.78 is 8.24. The summed E-state index contributed by atoms with van der Waals surface area (Å²) in [6.45, 7) is 0. The summed E-state index contributed by atoms with van der Waals surface area (Å²) in [4.78, 5) is 9.12. The first-order chi connectivity index (χ1) is 17.8. The number of rotatable bonds is 4. The van der Waals surface area contributed by atoms with Gasteiger partial charge in [-0.25, -0.2) is 9.97 Å². The minimum absolute atomic E-state index is 0.576. The van der Waals surface area contributed by atoms with Crippen molar-refractivity contribution in [1.29, 1.82) is 0 Å². The molecule has 3 aromatic heterocycles. The van der Waals surface area contributed by atoms with Gasteiger partial charge in [-0.1, -0.05) is 72.8 Å². The third-order valence-corrected chi connectivity index (χ3v) is 6.55. The van der Waals surface area contributed by atoms with Crippen LogP contribution in [0.25, 0.3) is 49.5 Å². The fourth-order valence-electron chi connectivity index (χ4n) is 4.86. The highest BCUT2D eigenvalue weighted by Crippen LogP contribution is 2.35. The molecule has 36 heavy (non-hydrogen) atoms. The molecule has 3 heterocycles. The van der Waals surface area contributed by atoms with E-state index in [0.29, 0.717) is 5.88 Å². The first-order valence-electron chi connectivity index (χ1n) is 11.9. The molecule has 0 saturated heterocycles. The zero-order chi connectivity index (χ0) is 23.9. The molecule has 7 aromatic rings. The predicted octanol–water partition coefficient (Wildman–Crippen LogP) is 8.19. The van der Waals surface area contributed by atoms with Gasteiger partial charge in [-0.2, -0.15) is 0 Å². The second-order valence-electron chi connectivity index (χ2n) is 8.77. The molecule has 0 fully saturated rings. The minimum Gasteiger partial charge on any atom is -0.439 e. The molecule has 170 valence electrons. The molecule has 7 rings (SSSR count). The average Bonchev–Trinajstić information content (AvgIpc) is 3.27. The van der Waals surface area contributed by atoms with Crippen LogP contribution >= 0.6 is 0 Å². The molecule has 0 aliphatic rings. The average molecular weight is 464 g/mol. The number of nitrogens with zero attached hydrogens (tertiary/aromatic N) is 3. The van der Waals surface area contributed by atoms with Crippen LogP contribution in [0.5, 0.6) is 11.6 Å². The second kappa shape index (κ2) is 8.36. The number of hydrogen-bond acceptors (Lipinski definition) is 3. The molecular formula is C32H21N3O. The Labute approximate surface area is 208 Å². The van der Waals surface area contributed by atoms with E-state index in [-0.39, 0.29) is 0 Å². The van der Waals surface area contributed by atoms with Crippen LogP contribution < -0.4 is 4.74 Å². The van der Waals surface area contributed by atoms with Gasteiger partial charge in [0.05, 0.1) is 11.0 Å². The van der Waals surface area contributed by atoms with Gasteiger partial charge in [-0.3, -0.25) is 4.57 Å². The van der Waals surface area contributed by atoms with Crippen molar-refractivity contribution in [3.63, 3.8) is 0 Å². The number of ether oxygens (including phenoxy) is 1. The second-order valence-corrected chi connectivity index (χ2v) is 8.77. The SMILES string of the molecule is c1ccc(Oc2cccc(-c3ccc4c5ccccc5n(-c5cc6ccccc6cn5)c4c3)c2)nc1. The van der Waals surface area contributed by atoms with E-state index >= 15 is 0 Å². The van der Waals surface area contributed by atoms with Crippen LogP contribution in [0.15, 0.2) is 128 Å². The zero-order valence-corrected chi connectivity index (χ0v) is 19.4. The monoisotopic (exact) mass is 463 g/mol. The van der Waals surface area contributed by atoms with Crippen molar-refractivity contribution in [3.8, 4) is 28.6 Å². The van der Waals surface area contributed by atoms with E-state index in [4.69, 9.17) is 9.72 Å². The molecule has 4 nitrogen and oxygen atoms in total. The van der Waals surface area contributed by atoms with E-state index in [9.17, 15) is 0 Å². The summed E-state index contributed by atoms with van der Waals surface area (Å²) in [7, 11) is 0. The Kier molecular flexibility index (Phi) is 4.74. The van der Waals surface area contributed by atoms with Gasteiger partial charge < -0.3 is 4.74 Å². The van der Waals surface area contributed by atoms with Crippen LogP contribution in [0.3, 0.4) is 0 Å². The van der Waals surface area contributed by atoms with E-state index < -0.39 is 0 Å². The third-order valence-electron chi connectivity index (χ3n) is 6.55. The van der Waals surface area contributed by atoms with E-state index in [0.717, 1.165) is 39.1 Å². The lowest BCUT2D eigenvalue weighted by molar-refractivity contribution is 0.463. The van der Waals surface area contributed by atoms with Gasteiger partial charge in [-0.15, -0.1) is 0 Å². The molecule has 0 spiro atoms. The van der Waals surface area contributed by atoms with Crippen LogP contribution in [0.1, 0.15) is 0 Å². The molecule has 0 saturated carbocycles. The predicted molar refractivity (Wildman–Crippen MR) is 146 cm³/mol. The van der Waals surface area contributed by atoms with Gasteiger partial charge in [-0.05, 0) is 52.9 Å². The molecule has 0 amide bonds. The minimum atomic E-state index is 0.576. The number of hydrogen-bond donors (Lipinski definition) is 0. The normalized spacial score (nSPS) is 11.3. The van der Waals surface area contributed by atoms with Crippen molar-refractivity contribution in [1.82, 2.24) is 14.5 Å². The first kappa shape index (κ1) is 20.4. The number of para-hydroxylation sites is 1. The lowest BCUT2D eigenvalue weighted by atomic mass is 10.0. The van der Waals surface area contributed by atoms with Crippen molar-refractivity contribution >= 4 is 32.6 Å². The Morgan fingerprint density at radius 1 is 0.556 bits per heavy atom. The molecule has 0 N–H and O–H groups in total. The summed E-state index contributed by atoms with van der Waals surface area (Å²) in [5.41, 5.74) is 4.44. The molecule has 0 radical (unpaired) electrons. The smallest absolute Gasteiger partial charge is 0.219 e. The van der Waals surface area contributed by atoms with Gasteiger partial charge in [0.1, 0.15) is 11.6 Å². The number of pyridine rings is 2. The molecular weight excluding hydrogens is 442 g/mol. The first-order valence-corrected chi connectivity index (χ1v) is 11.9. The Morgan fingerprint density at radius 2 is 1.36 bits per heavy atom. The summed E-state index contributed by atoms with van der Waals surface area (Å²) in [6.07, 6.45) is 3.68. The molecule has 4 aromatic carbocycles. The maximum atomic E-state index is 5.98. The Hall–Kier alpha value is -4.96. The van der Waals surface area contributed by atoms with Crippen LogP contribution in [0.4, 0.5) is 0 Å². The Balaban J connectivity index is 1.40. The molecule has 4 heteroatoms. The van der Waals surface area contributed by atoms with Crippen molar-refractivity contribution in [3.05, 3.63) is 128 Å². The summed E-state index contributed by atoms with van der Waals surface area (Å²) >= 11 is 0.